The van der Waals surface area contributed by atoms with Crippen molar-refractivity contribution in [1.82, 2.24) is 15.1 Å². The van der Waals surface area contributed by atoms with Crippen LogP contribution in [0.15, 0.2) is 24.3 Å². The molecule has 3 rings (SSSR count). The topological polar surface area (TPSA) is 18.5 Å². The molecule has 2 aliphatic heterocycles. The summed E-state index contributed by atoms with van der Waals surface area (Å²) >= 11 is 0. The van der Waals surface area contributed by atoms with Crippen LogP contribution < -0.4 is 5.32 Å². The van der Waals surface area contributed by atoms with Crippen LogP contribution in [0.1, 0.15) is 31.4 Å². The molecule has 2 aliphatic rings. The lowest BCUT2D eigenvalue weighted by Gasteiger charge is -2.45. The maximum absolute atomic E-state index is 13.8. The fraction of sp³-hybridized carbons (Fsp3) is 0.667. The van der Waals surface area contributed by atoms with Crippen molar-refractivity contribution in [2.75, 3.05) is 39.8 Å². The van der Waals surface area contributed by atoms with Gasteiger partial charge in [-0.15, -0.1) is 0 Å². The number of rotatable bonds is 3. The molecule has 2 saturated heterocycles. The fourth-order valence-corrected chi connectivity index (χ4v) is 4.04. The first-order chi connectivity index (χ1) is 10.6. The van der Waals surface area contributed by atoms with Crippen LogP contribution in [0.5, 0.6) is 0 Å². The molecular formula is C18H28FN3. The van der Waals surface area contributed by atoms with Crippen molar-refractivity contribution in [3.05, 3.63) is 35.6 Å². The van der Waals surface area contributed by atoms with Crippen molar-refractivity contribution < 1.29 is 4.39 Å². The Balaban J connectivity index is 1.87. The molecule has 2 fully saturated rings. The molecule has 0 spiro atoms. The van der Waals surface area contributed by atoms with Crippen molar-refractivity contribution in [3.8, 4) is 0 Å². The van der Waals surface area contributed by atoms with E-state index in [9.17, 15) is 4.39 Å². The minimum atomic E-state index is -0.113. The van der Waals surface area contributed by atoms with Gasteiger partial charge in [0.25, 0.3) is 0 Å². The van der Waals surface area contributed by atoms with E-state index in [0.29, 0.717) is 18.0 Å². The summed E-state index contributed by atoms with van der Waals surface area (Å²) in [6.07, 6.45) is 2.41. The average Bonchev–Trinajstić information content (AvgIpc) is 2.51. The summed E-state index contributed by atoms with van der Waals surface area (Å²) in [7, 11) is 2.20. The number of likely N-dealkylation sites (tertiary alicyclic amines) is 1. The summed E-state index contributed by atoms with van der Waals surface area (Å²) in [5, 5.41) is 3.47. The van der Waals surface area contributed by atoms with E-state index in [1.165, 1.54) is 12.8 Å². The van der Waals surface area contributed by atoms with Gasteiger partial charge in [-0.25, -0.2) is 4.39 Å². The van der Waals surface area contributed by atoms with Gasteiger partial charge >= 0.3 is 0 Å². The normalized spacial score (nSPS) is 27.0. The molecule has 0 aromatic heterocycles. The molecule has 1 aromatic rings. The predicted molar refractivity (Wildman–Crippen MR) is 88.4 cm³/mol. The van der Waals surface area contributed by atoms with E-state index >= 15 is 0 Å². The first kappa shape index (κ1) is 15.9. The zero-order chi connectivity index (χ0) is 15.5. The minimum Gasteiger partial charge on any atom is -0.314 e. The molecular weight excluding hydrogens is 277 g/mol. The number of benzene rings is 1. The standard InChI is InChI=1S/C18H28FN3/c1-14-13-20-8-11-22(14)18(15-6-9-21(2)10-7-15)16-4-3-5-17(19)12-16/h3-5,12,14-15,18,20H,6-11,13H2,1-2H3/t14-,18+/m0/s1. The Labute approximate surface area is 133 Å². The van der Waals surface area contributed by atoms with Crippen LogP contribution in [0, 0.1) is 11.7 Å². The second-order valence-corrected chi connectivity index (χ2v) is 6.93. The second kappa shape index (κ2) is 7.07. The van der Waals surface area contributed by atoms with Crippen LogP contribution in [0.3, 0.4) is 0 Å². The number of nitrogens with zero attached hydrogens (tertiary/aromatic N) is 2. The summed E-state index contributed by atoms with van der Waals surface area (Å²) in [6.45, 7) is 7.69. The Bertz CT molecular complexity index is 485. The van der Waals surface area contributed by atoms with Crippen molar-refractivity contribution in [1.29, 1.82) is 0 Å². The molecule has 122 valence electrons. The molecule has 4 heteroatoms. The Hall–Kier alpha value is -0.970. The summed E-state index contributed by atoms with van der Waals surface area (Å²) in [4.78, 5) is 5.00. The van der Waals surface area contributed by atoms with E-state index in [1.54, 1.807) is 12.1 Å². The van der Waals surface area contributed by atoms with Gasteiger partial charge in [-0.2, -0.15) is 0 Å². The zero-order valence-corrected chi connectivity index (χ0v) is 13.8. The Morgan fingerprint density at radius 1 is 1.23 bits per heavy atom. The number of piperazine rings is 1. The molecule has 1 N–H and O–H groups in total. The van der Waals surface area contributed by atoms with E-state index in [1.807, 2.05) is 6.07 Å². The van der Waals surface area contributed by atoms with Gasteiger partial charge in [0.2, 0.25) is 0 Å². The quantitative estimate of drug-likeness (QED) is 0.926. The van der Waals surface area contributed by atoms with E-state index < -0.39 is 0 Å². The maximum Gasteiger partial charge on any atom is 0.123 e. The molecule has 0 aliphatic carbocycles. The number of piperidine rings is 1. The smallest absolute Gasteiger partial charge is 0.123 e. The largest absolute Gasteiger partial charge is 0.314 e. The number of nitrogens with one attached hydrogen (secondary N) is 1. The Morgan fingerprint density at radius 2 is 2.00 bits per heavy atom. The summed E-state index contributed by atoms with van der Waals surface area (Å²) < 4.78 is 13.8. The number of halogens is 1. The van der Waals surface area contributed by atoms with Crippen LogP contribution in [0.4, 0.5) is 4.39 Å². The lowest BCUT2D eigenvalue weighted by atomic mass is 9.83. The third-order valence-electron chi connectivity index (χ3n) is 5.31. The lowest BCUT2D eigenvalue weighted by Crippen LogP contribution is -2.53. The van der Waals surface area contributed by atoms with Gasteiger partial charge in [0.15, 0.2) is 0 Å². The maximum atomic E-state index is 13.8. The predicted octanol–water partition coefficient (Wildman–Crippen LogP) is 2.50. The van der Waals surface area contributed by atoms with Gasteiger partial charge in [-0.1, -0.05) is 12.1 Å². The minimum absolute atomic E-state index is 0.113. The zero-order valence-electron chi connectivity index (χ0n) is 13.8. The van der Waals surface area contributed by atoms with Crippen LogP contribution in [0.2, 0.25) is 0 Å². The van der Waals surface area contributed by atoms with Crippen molar-refractivity contribution in [2.24, 2.45) is 5.92 Å². The molecule has 0 radical (unpaired) electrons. The summed E-state index contributed by atoms with van der Waals surface area (Å²) in [5.41, 5.74) is 1.16. The molecule has 3 nitrogen and oxygen atoms in total. The first-order valence-corrected chi connectivity index (χ1v) is 8.55. The summed E-state index contributed by atoms with van der Waals surface area (Å²) in [6, 6.07) is 8.12. The lowest BCUT2D eigenvalue weighted by molar-refractivity contribution is 0.0517. The van der Waals surface area contributed by atoms with E-state index in [2.05, 4.69) is 35.2 Å². The second-order valence-electron chi connectivity index (χ2n) is 6.93. The molecule has 22 heavy (non-hydrogen) atoms. The highest BCUT2D eigenvalue weighted by Gasteiger charge is 2.34. The molecule has 0 unspecified atom stereocenters. The first-order valence-electron chi connectivity index (χ1n) is 8.55. The van der Waals surface area contributed by atoms with E-state index in [4.69, 9.17) is 0 Å². The Kier molecular flexibility index (Phi) is 5.11. The van der Waals surface area contributed by atoms with Crippen molar-refractivity contribution in [3.63, 3.8) is 0 Å². The molecule has 0 bridgehead atoms. The van der Waals surface area contributed by atoms with Crippen LogP contribution in [-0.2, 0) is 0 Å². The van der Waals surface area contributed by atoms with Crippen LogP contribution >= 0.6 is 0 Å². The average molecular weight is 305 g/mol. The summed E-state index contributed by atoms with van der Waals surface area (Å²) in [5.74, 6) is 0.511. The fourth-order valence-electron chi connectivity index (χ4n) is 4.04. The van der Waals surface area contributed by atoms with Gasteiger partial charge in [-0.3, -0.25) is 4.90 Å². The monoisotopic (exact) mass is 305 g/mol. The van der Waals surface area contributed by atoms with Gasteiger partial charge < -0.3 is 10.2 Å². The SMILES string of the molecule is C[C@H]1CNCCN1[C@@H](c1cccc(F)c1)C1CCN(C)CC1. The van der Waals surface area contributed by atoms with Crippen LogP contribution in [0.25, 0.3) is 0 Å². The van der Waals surface area contributed by atoms with E-state index in [0.717, 1.165) is 38.3 Å². The third-order valence-corrected chi connectivity index (χ3v) is 5.31. The van der Waals surface area contributed by atoms with Crippen LogP contribution in [-0.4, -0.2) is 55.6 Å². The molecule has 1 aromatic carbocycles. The van der Waals surface area contributed by atoms with Crippen molar-refractivity contribution in [2.45, 2.75) is 31.8 Å². The third kappa shape index (κ3) is 3.50. The number of hydrogen-bond donors (Lipinski definition) is 1. The molecule has 0 amide bonds. The van der Waals surface area contributed by atoms with Gasteiger partial charge in [-0.05, 0) is 63.5 Å². The molecule has 2 heterocycles. The van der Waals surface area contributed by atoms with Gasteiger partial charge in [0, 0.05) is 31.7 Å². The molecule has 2 atom stereocenters. The highest BCUT2D eigenvalue weighted by atomic mass is 19.1. The van der Waals surface area contributed by atoms with Gasteiger partial charge in [0.1, 0.15) is 5.82 Å². The van der Waals surface area contributed by atoms with Crippen molar-refractivity contribution >= 4 is 0 Å². The Morgan fingerprint density at radius 3 is 2.68 bits per heavy atom. The number of hydrogen-bond acceptors (Lipinski definition) is 3. The van der Waals surface area contributed by atoms with E-state index in [-0.39, 0.29) is 5.82 Å². The molecule has 0 saturated carbocycles. The highest BCUT2D eigenvalue weighted by Crippen LogP contribution is 2.37. The highest BCUT2D eigenvalue weighted by molar-refractivity contribution is 5.22. The van der Waals surface area contributed by atoms with Gasteiger partial charge in [0.05, 0.1) is 0 Å².